The van der Waals surface area contributed by atoms with Gasteiger partial charge >= 0.3 is 6.03 Å². The minimum absolute atomic E-state index is 0.204. The van der Waals surface area contributed by atoms with Crippen LogP contribution in [0.3, 0.4) is 0 Å². The number of piperidine rings is 1. The lowest BCUT2D eigenvalue weighted by atomic mass is 9.52. The molecule has 3 amide bonds. The highest BCUT2D eigenvalue weighted by Crippen LogP contribution is 2.55. The highest BCUT2D eigenvalue weighted by molar-refractivity contribution is 6.07. The zero-order chi connectivity index (χ0) is 18.7. The van der Waals surface area contributed by atoms with Crippen LogP contribution in [0.15, 0.2) is 18.2 Å². The average molecular weight is 357 g/mol. The summed E-state index contributed by atoms with van der Waals surface area (Å²) in [5.74, 6) is 0.423. The van der Waals surface area contributed by atoms with Crippen LogP contribution in [-0.2, 0) is 10.2 Å². The van der Waals surface area contributed by atoms with E-state index >= 15 is 0 Å². The summed E-state index contributed by atoms with van der Waals surface area (Å²) >= 11 is 0. The van der Waals surface area contributed by atoms with Crippen molar-refractivity contribution in [3.63, 3.8) is 0 Å². The second-order valence-electron chi connectivity index (χ2n) is 8.44. The maximum Gasteiger partial charge on any atom is 0.322 e. The number of fused-ring (bicyclic) bond motifs is 1. The van der Waals surface area contributed by atoms with E-state index in [4.69, 9.17) is 0 Å². The van der Waals surface area contributed by atoms with Crippen molar-refractivity contribution in [1.29, 1.82) is 0 Å². The predicted molar refractivity (Wildman–Crippen MR) is 98.0 cm³/mol. The summed E-state index contributed by atoms with van der Waals surface area (Å²) in [6.07, 6.45) is 3.03. The number of hydrogen-bond acceptors (Lipinski definition) is 4. The number of benzene rings is 1. The van der Waals surface area contributed by atoms with Crippen LogP contribution in [0.2, 0.25) is 0 Å². The summed E-state index contributed by atoms with van der Waals surface area (Å²) < 4.78 is 0. The molecule has 0 radical (unpaired) electrons. The molecule has 0 aromatic heterocycles. The van der Waals surface area contributed by atoms with Crippen LogP contribution < -0.4 is 10.6 Å². The Hall–Kier alpha value is -2.08. The maximum atomic E-state index is 12.7. The van der Waals surface area contributed by atoms with Gasteiger partial charge in [0.15, 0.2) is 0 Å². The number of carbonyl (C=O) groups is 2. The highest BCUT2D eigenvalue weighted by Gasteiger charge is 2.60. The molecule has 2 aliphatic heterocycles. The van der Waals surface area contributed by atoms with Gasteiger partial charge in [-0.2, -0.15) is 0 Å². The molecule has 3 fully saturated rings. The first-order valence-electron chi connectivity index (χ1n) is 9.41. The monoisotopic (exact) mass is 357 g/mol. The lowest BCUT2D eigenvalue weighted by molar-refractivity contribution is -0.128. The summed E-state index contributed by atoms with van der Waals surface area (Å²) in [6, 6.07) is 5.52. The van der Waals surface area contributed by atoms with Crippen molar-refractivity contribution >= 4 is 11.9 Å². The molecule has 1 unspecified atom stereocenters. The number of aryl methyl sites for hydroxylation is 1. The molecule has 1 spiro atoms. The van der Waals surface area contributed by atoms with E-state index in [2.05, 4.69) is 36.4 Å². The Kier molecular flexibility index (Phi) is 3.81. The van der Waals surface area contributed by atoms with Crippen LogP contribution in [0.5, 0.6) is 5.75 Å². The quantitative estimate of drug-likeness (QED) is 0.672. The van der Waals surface area contributed by atoms with Gasteiger partial charge in [-0.3, -0.25) is 10.1 Å². The van der Waals surface area contributed by atoms with E-state index < -0.39 is 11.6 Å². The number of phenolic OH excluding ortho intramolecular Hbond substituents is 1. The molecule has 0 bridgehead atoms. The Labute approximate surface area is 153 Å². The maximum absolute atomic E-state index is 12.7. The first-order valence-corrected chi connectivity index (χ1v) is 9.41. The Morgan fingerprint density at radius 3 is 2.73 bits per heavy atom. The third-order valence-electron chi connectivity index (χ3n) is 7.17. The van der Waals surface area contributed by atoms with Gasteiger partial charge < -0.3 is 15.3 Å². The number of urea groups is 1. The van der Waals surface area contributed by atoms with Gasteiger partial charge in [-0.25, -0.2) is 4.79 Å². The van der Waals surface area contributed by atoms with E-state index in [1.807, 2.05) is 12.1 Å². The first kappa shape index (κ1) is 17.3. The molecule has 4 rings (SSSR count). The van der Waals surface area contributed by atoms with Gasteiger partial charge in [-0.15, -0.1) is 0 Å². The molecule has 6 nitrogen and oxygen atoms in total. The molecule has 140 valence electrons. The third kappa shape index (κ3) is 2.35. The Morgan fingerprint density at radius 1 is 1.27 bits per heavy atom. The Bertz CT molecular complexity index is 780. The molecule has 26 heavy (non-hydrogen) atoms. The van der Waals surface area contributed by atoms with Crippen LogP contribution in [-0.4, -0.2) is 47.1 Å². The van der Waals surface area contributed by atoms with E-state index in [-0.39, 0.29) is 17.1 Å². The van der Waals surface area contributed by atoms with Crippen LogP contribution in [0.1, 0.15) is 43.7 Å². The molecule has 3 aliphatic rings. The molecule has 4 atom stereocenters. The van der Waals surface area contributed by atoms with Crippen molar-refractivity contribution < 1.29 is 14.7 Å². The fourth-order valence-corrected chi connectivity index (χ4v) is 5.70. The molecular formula is C20H27N3O3. The largest absolute Gasteiger partial charge is 0.508 e. The molecule has 3 N–H and O–H groups in total. The SMILES string of the molecule is Cc1ccc(O)cc1[C@]12CCN(C)C(C)[C@@H]1CC[C@@]1(C2)NC(=O)NC1=O. The number of carbonyl (C=O) groups excluding carboxylic acids is 2. The van der Waals surface area contributed by atoms with Gasteiger partial charge in [-0.05, 0) is 82.3 Å². The van der Waals surface area contributed by atoms with Crippen molar-refractivity contribution in [3.8, 4) is 5.75 Å². The summed E-state index contributed by atoms with van der Waals surface area (Å²) in [6.45, 7) is 5.25. The van der Waals surface area contributed by atoms with Crippen molar-refractivity contribution in [3.05, 3.63) is 29.3 Å². The van der Waals surface area contributed by atoms with Crippen molar-refractivity contribution in [1.82, 2.24) is 15.5 Å². The number of nitrogens with zero attached hydrogens (tertiary/aromatic N) is 1. The Morgan fingerprint density at radius 2 is 2.04 bits per heavy atom. The average Bonchev–Trinajstić information content (AvgIpc) is 2.86. The summed E-state index contributed by atoms with van der Waals surface area (Å²) in [4.78, 5) is 26.9. The lowest BCUT2D eigenvalue weighted by Gasteiger charge is -2.57. The van der Waals surface area contributed by atoms with Gasteiger partial charge in [0.2, 0.25) is 0 Å². The van der Waals surface area contributed by atoms with Crippen LogP contribution in [0.4, 0.5) is 4.79 Å². The van der Waals surface area contributed by atoms with E-state index in [1.54, 1.807) is 6.07 Å². The number of rotatable bonds is 1. The minimum atomic E-state index is -0.832. The van der Waals surface area contributed by atoms with E-state index in [1.165, 1.54) is 0 Å². The van der Waals surface area contributed by atoms with Gasteiger partial charge in [0.05, 0.1) is 0 Å². The fourth-order valence-electron chi connectivity index (χ4n) is 5.70. The van der Waals surface area contributed by atoms with E-state index in [0.717, 1.165) is 30.5 Å². The number of amides is 3. The summed E-state index contributed by atoms with van der Waals surface area (Å²) in [5, 5.41) is 15.5. The van der Waals surface area contributed by atoms with Gasteiger partial charge in [0.25, 0.3) is 5.91 Å². The minimum Gasteiger partial charge on any atom is -0.508 e. The predicted octanol–water partition coefficient (Wildman–Crippen LogP) is 2.04. The number of nitrogens with one attached hydrogen (secondary N) is 2. The van der Waals surface area contributed by atoms with Gasteiger partial charge in [0, 0.05) is 11.5 Å². The van der Waals surface area contributed by atoms with Crippen LogP contribution >= 0.6 is 0 Å². The normalized spacial score (nSPS) is 37.3. The molecule has 2 saturated heterocycles. The third-order valence-corrected chi connectivity index (χ3v) is 7.17. The molecule has 1 aliphatic carbocycles. The van der Waals surface area contributed by atoms with Crippen molar-refractivity contribution in [2.24, 2.45) is 5.92 Å². The van der Waals surface area contributed by atoms with Crippen molar-refractivity contribution in [2.75, 3.05) is 13.6 Å². The number of likely N-dealkylation sites (tertiary alicyclic amines) is 1. The molecule has 6 heteroatoms. The number of hydrogen-bond donors (Lipinski definition) is 3. The van der Waals surface area contributed by atoms with Crippen molar-refractivity contribution in [2.45, 2.75) is 56.5 Å². The highest BCUT2D eigenvalue weighted by atomic mass is 16.3. The fraction of sp³-hybridized carbons (Fsp3) is 0.600. The lowest BCUT2D eigenvalue weighted by Crippen LogP contribution is -2.63. The zero-order valence-electron chi connectivity index (χ0n) is 15.6. The number of imide groups is 1. The summed E-state index contributed by atoms with van der Waals surface area (Å²) in [7, 11) is 2.15. The smallest absolute Gasteiger partial charge is 0.322 e. The topological polar surface area (TPSA) is 81.7 Å². The second-order valence-corrected chi connectivity index (χ2v) is 8.44. The Balaban J connectivity index is 1.85. The molecular weight excluding hydrogens is 330 g/mol. The van der Waals surface area contributed by atoms with Crippen LogP contribution in [0.25, 0.3) is 0 Å². The molecule has 1 aromatic rings. The van der Waals surface area contributed by atoms with Crippen LogP contribution in [0, 0.1) is 12.8 Å². The molecule has 1 aromatic carbocycles. The standard InChI is InChI=1S/C20H27N3O3/c1-12-4-5-14(24)10-16(12)19-8-9-23(3)13(2)15(19)6-7-20(11-19)17(25)21-18(26)22-20/h4-5,10,13,15,24H,6-9,11H2,1-3H3,(H2,21,22,25,26)/t13?,15-,19-,20-/m0/s1. The summed E-state index contributed by atoms with van der Waals surface area (Å²) in [5.41, 5.74) is 1.19. The van der Waals surface area contributed by atoms with Gasteiger partial charge in [-0.1, -0.05) is 6.07 Å². The van der Waals surface area contributed by atoms with E-state index in [9.17, 15) is 14.7 Å². The molecule has 1 saturated carbocycles. The van der Waals surface area contributed by atoms with Gasteiger partial charge in [0.1, 0.15) is 11.3 Å². The molecule has 2 heterocycles. The van der Waals surface area contributed by atoms with E-state index in [0.29, 0.717) is 24.8 Å². The zero-order valence-corrected chi connectivity index (χ0v) is 15.6. The second kappa shape index (κ2) is 5.71. The first-order chi connectivity index (χ1) is 12.3. The number of aromatic hydroxyl groups is 1. The number of phenols is 1.